The zero-order valence-electron chi connectivity index (χ0n) is 11.5. The number of methoxy groups -OCH3 is 1. The second-order valence-corrected chi connectivity index (χ2v) is 6.80. The average Bonchev–Trinajstić information content (AvgIpc) is 2.74. The van der Waals surface area contributed by atoms with E-state index in [2.05, 4.69) is 21.2 Å². The normalized spacial score (nSPS) is 13.7. The molecule has 1 rings (SSSR count). The molecule has 0 fully saturated rings. The maximum atomic E-state index is 12.1. The highest BCUT2D eigenvalue weighted by molar-refractivity contribution is 9.11. The standard InChI is InChI=1S/C13H18BrNO3S/c1-5-7(2)10(13(17)18-4)15-12(16)9-6-8(3)11(14)19-9/h6-7,10H,5H2,1-4H3,(H,15,16). The van der Waals surface area contributed by atoms with E-state index in [0.29, 0.717) is 4.88 Å². The van der Waals surface area contributed by atoms with E-state index in [1.165, 1.54) is 18.4 Å². The first-order valence-electron chi connectivity index (χ1n) is 6.05. The van der Waals surface area contributed by atoms with Crippen molar-refractivity contribution in [2.75, 3.05) is 7.11 Å². The van der Waals surface area contributed by atoms with Crippen molar-refractivity contribution < 1.29 is 14.3 Å². The van der Waals surface area contributed by atoms with Crippen LogP contribution in [0.5, 0.6) is 0 Å². The van der Waals surface area contributed by atoms with Gasteiger partial charge in [0.25, 0.3) is 5.91 Å². The highest BCUT2D eigenvalue weighted by atomic mass is 79.9. The van der Waals surface area contributed by atoms with Gasteiger partial charge >= 0.3 is 5.97 Å². The van der Waals surface area contributed by atoms with Crippen LogP contribution >= 0.6 is 27.3 Å². The minimum Gasteiger partial charge on any atom is -0.467 e. The van der Waals surface area contributed by atoms with Gasteiger partial charge in [-0.25, -0.2) is 4.79 Å². The Hall–Kier alpha value is -0.880. The van der Waals surface area contributed by atoms with Crippen LogP contribution in [0.15, 0.2) is 9.85 Å². The lowest BCUT2D eigenvalue weighted by Crippen LogP contribution is -2.45. The predicted octanol–water partition coefficient (Wildman–Crippen LogP) is 3.14. The Morgan fingerprint density at radius 2 is 2.16 bits per heavy atom. The molecule has 4 nitrogen and oxygen atoms in total. The first-order valence-corrected chi connectivity index (χ1v) is 7.66. The lowest BCUT2D eigenvalue weighted by Gasteiger charge is -2.21. The van der Waals surface area contributed by atoms with Crippen molar-refractivity contribution >= 4 is 39.1 Å². The van der Waals surface area contributed by atoms with E-state index in [1.807, 2.05) is 20.8 Å². The number of aryl methyl sites for hydroxylation is 1. The molecule has 0 aliphatic rings. The van der Waals surface area contributed by atoms with Crippen molar-refractivity contribution in [3.05, 3.63) is 20.3 Å². The Bertz CT molecular complexity index is 453. The minimum absolute atomic E-state index is 0.0286. The van der Waals surface area contributed by atoms with Crippen LogP contribution in [0.4, 0.5) is 0 Å². The molecule has 2 unspecified atom stereocenters. The largest absolute Gasteiger partial charge is 0.467 e. The van der Waals surface area contributed by atoms with E-state index in [0.717, 1.165) is 15.8 Å². The third-order valence-corrected chi connectivity index (χ3v) is 5.17. The second-order valence-electron chi connectivity index (χ2n) is 4.43. The topological polar surface area (TPSA) is 55.4 Å². The molecular weight excluding hydrogens is 330 g/mol. The van der Waals surface area contributed by atoms with E-state index in [9.17, 15) is 9.59 Å². The highest BCUT2D eigenvalue weighted by Crippen LogP contribution is 2.27. The van der Waals surface area contributed by atoms with E-state index in [-0.39, 0.29) is 11.8 Å². The molecular formula is C13H18BrNO3S. The summed E-state index contributed by atoms with van der Waals surface area (Å²) in [6.45, 7) is 5.81. The van der Waals surface area contributed by atoms with Crippen molar-refractivity contribution in [2.24, 2.45) is 5.92 Å². The molecule has 1 N–H and O–H groups in total. The van der Waals surface area contributed by atoms with E-state index >= 15 is 0 Å². The van der Waals surface area contributed by atoms with Crippen molar-refractivity contribution in [1.82, 2.24) is 5.32 Å². The summed E-state index contributed by atoms with van der Waals surface area (Å²) in [5.41, 5.74) is 1.01. The molecule has 19 heavy (non-hydrogen) atoms. The fourth-order valence-corrected chi connectivity index (χ4v) is 3.02. The molecule has 1 aromatic heterocycles. The fourth-order valence-electron chi connectivity index (χ4n) is 1.58. The molecule has 0 spiro atoms. The maximum absolute atomic E-state index is 12.1. The van der Waals surface area contributed by atoms with E-state index in [1.54, 1.807) is 6.07 Å². The summed E-state index contributed by atoms with van der Waals surface area (Å²) in [5.74, 6) is -0.620. The molecule has 0 saturated carbocycles. The number of amides is 1. The number of hydrogen-bond acceptors (Lipinski definition) is 4. The van der Waals surface area contributed by atoms with Crippen LogP contribution in [0.25, 0.3) is 0 Å². The van der Waals surface area contributed by atoms with Gasteiger partial charge in [0, 0.05) is 0 Å². The summed E-state index contributed by atoms with van der Waals surface area (Å²) in [6.07, 6.45) is 0.785. The Kier molecular flexibility index (Phi) is 6.00. The SMILES string of the molecule is CCC(C)C(NC(=O)c1cc(C)c(Br)s1)C(=O)OC. The van der Waals surface area contributed by atoms with Crippen molar-refractivity contribution in [3.63, 3.8) is 0 Å². The predicted molar refractivity (Wildman–Crippen MR) is 79.5 cm³/mol. The van der Waals surface area contributed by atoms with Gasteiger partial charge in [-0.2, -0.15) is 0 Å². The summed E-state index contributed by atoms with van der Waals surface area (Å²) in [6, 6.07) is 1.19. The van der Waals surface area contributed by atoms with Crippen LogP contribution in [0.1, 0.15) is 35.5 Å². The van der Waals surface area contributed by atoms with Crippen LogP contribution in [-0.2, 0) is 9.53 Å². The van der Waals surface area contributed by atoms with Gasteiger partial charge in [-0.15, -0.1) is 11.3 Å². The van der Waals surface area contributed by atoms with Crippen molar-refractivity contribution in [3.8, 4) is 0 Å². The van der Waals surface area contributed by atoms with Crippen LogP contribution in [0.2, 0.25) is 0 Å². The molecule has 1 amide bonds. The Balaban J connectivity index is 2.84. The molecule has 0 aliphatic carbocycles. The van der Waals surface area contributed by atoms with E-state index in [4.69, 9.17) is 4.74 Å². The molecule has 0 aromatic carbocycles. The molecule has 0 radical (unpaired) electrons. The molecule has 1 aromatic rings. The smallest absolute Gasteiger partial charge is 0.328 e. The molecule has 2 atom stereocenters. The zero-order valence-corrected chi connectivity index (χ0v) is 13.9. The number of halogens is 1. The van der Waals surface area contributed by atoms with Crippen molar-refractivity contribution in [2.45, 2.75) is 33.2 Å². The third-order valence-electron chi connectivity index (χ3n) is 3.04. The number of nitrogens with one attached hydrogen (secondary N) is 1. The summed E-state index contributed by atoms with van der Waals surface area (Å²) in [5, 5.41) is 2.75. The van der Waals surface area contributed by atoms with Crippen LogP contribution in [-0.4, -0.2) is 25.0 Å². The number of ether oxygens (including phenoxy) is 1. The maximum Gasteiger partial charge on any atom is 0.328 e. The first kappa shape index (κ1) is 16.2. The van der Waals surface area contributed by atoms with Crippen molar-refractivity contribution in [1.29, 1.82) is 0 Å². The minimum atomic E-state index is -0.608. The van der Waals surface area contributed by atoms with Gasteiger partial charge in [-0.05, 0) is 40.4 Å². The molecule has 6 heteroatoms. The van der Waals surface area contributed by atoms with Gasteiger partial charge in [0.2, 0.25) is 0 Å². The zero-order chi connectivity index (χ0) is 14.6. The molecule has 106 valence electrons. The Morgan fingerprint density at radius 1 is 1.53 bits per heavy atom. The molecule has 1 heterocycles. The monoisotopic (exact) mass is 347 g/mol. The molecule has 0 bridgehead atoms. The summed E-state index contributed by atoms with van der Waals surface area (Å²) >= 11 is 4.74. The number of hydrogen-bond donors (Lipinski definition) is 1. The van der Waals surface area contributed by atoms with Gasteiger partial charge in [0.05, 0.1) is 15.8 Å². The highest BCUT2D eigenvalue weighted by Gasteiger charge is 2.27. The third kappa shape index (κ3) is 4.04. The number of thiophene rings is 1. The van der Waals surface area contributed by atoms with Crippen LogP contribution in [0, 0.1) is 12.8 Å². The lowest BCUT2D eigenvalue weighted by atomic mass is 9.99. The van der Waals surface area contributed by atoms with Gasteiger partial charge in [0.1, 0.15) is 6.04 Å². The average molecular weight is 348 g/mol. The quantitative estimate of drug-likeness (QED) is 0.832. The van der Waals surface area contributed by atoms with Gasteiger partial charge < -0.3 is 10.1 Å². The number of carbonyl (C=O) groups excluding carboxylic acids is 2. The van der Waals surface area contributed by atoms with Crippen LogP contribution < -0.4 is 5.32 Å². The first-order chi connectivity index (χ1) is 8.90. The summed E-state index contributed by atoms with van der Waals surface area (Å²) in [4.78, 5) is 24.4. The summed E-state index contributed by atoms with van der Waals surface area (Å²) in [7, 11) is 1.33. The Labute approximate surface area is 125 Å². The van der Waals surface area contributed by atoms with Gasteiger partial charge in [-0.1, -0.05) is 20.3 Å². The van der Waals surface area contributed by atoms with Gasteiger partial charge in [-0.3, -0.25) is 4.79 Å². The lowest BCUT2D eigenvalue weighted by molar-refractivity contribution is -0.144. The van der Waals surface area contributed by atoms with Gasteiger partial charge in [0.15, 0.2) is 0 Å². The second kappa shape index (κ2) is 7.05. The Morgan fingerprint density at radius 3 is 2.58 bits per heavy atom. The molecule has 0 saturated heterocycles. The number of rotatable bonds is 5. The fraction of sp³-hybridized carbons (Fsp3) is 0.538. The molecule has 0 aliphatic heterocycles. The van der Waals surface area contributed by atoms with E-state index < -0.39 is 12.0 Å². The van der Waals surface area contributed by atoms with Crippen LogP contribution in [0.3, 0.4) is 0 Å². The summed E-state index contributed by atoms with van der Waals surface area (Å²) < 4.78 is 5.67. The number of esters is 1. The number of carbonyl (C=O) groups is 2.